The number of hydrogen-bond acceptors (Lipinski definition) is 7. The van der Waals surface area contributed by atoms with Crippen molar-refractivity contribution in [3.63, 3.8) is 0 Å². The van der Waals surface area contributed by atoms with Gasteiger partial charge in [-0.1, -0.05) is 0 Å². The highest BCUT2D eigenvalue weighted by Crippen LogP contribution is 2.35. The summed E-state index contributed by atoms with van der Waals surface area (Å²) in [5.41, 5.74) is 2.33. The van der Waals surface area contributed by atoms with Crippen molar-refractivity contribution in [1.82, 2.24) is 19.9 Å². The van der Waals surface area contributed by atoms with E-state index in [1.165, 1.54) is 41.3 Å². The van der Waals surface area contributed by atoms with Gasteiger partial charge in [-0.05, 0) is 32.6 Å². The highest BCUT2D eigenvalue weighted by atomic mass is 32.1. The van der Waals surface area contributed by atoms with E-state index in [0.29, 0.717) is 12.1 Å². The van der Waals surface area contributed by atoms with Gasteiger partial charge in [-0.25, -0.2) is 15.0 Å². The fourth-order valence-electron chi connectivity index (χ4n) is 4.30. The molecule has 4 heterocycles. The summed E-state index contributed by atoms with van der Waals surface area (Å²) >= 11 is 1.84. The molecule has 0 unspecified atom stereocenters. The van der Waals surface area contributed by atoms with Crippen LogP contribution in [0.4, 0.5) is 5.82 Å². The normalized spacial score (nSPS) is 21.2. The van der Waals surface area contributed by atoms with E-state index in [9.17, 15) is 0 Å². The van der Waals surface area contributed by atoms with E-state index in [1.54, 1.807) is 6.33 Å². The SMILES string of the molecule is Cc1cc(N(C2CC2)C2CCN(Cc3nc4c(s3)COCC4)CC2)ncn1. The maximum Gasteiger partial charge on any atom is 0.132 e. The van der Waals surface area contributed by atoms with Gasteiger partial charge in [0, 0.05) is 43.4 Å². The molecule has 2 aromatic heterocycles. The van der Waals surface area contributed by atoms with Gasteiger partial charge >= 0.3 is 0 Å². The Morgan fingerprint density at radius 1 is 1.19 bits per heavy atom. The third-order valence-corrected chi connectivity index (χ3v) is 6.90. The van der Waals surface area contributed by atoms with Crippen molar-refractivity contribution in [3.8, 4) is 0 Å². The molecule has 1 aliphatic carbocycles. The van der Waals surface area contributed by atoms with Gasteiger partial charge in [-0.15, -0.1) is 11.3 Å². The smallest absolute Gasteiger partial charge is 0.132 e. The molecule has 0 atom stereocenters. The van der Waals surface area contributed by atoms with Crippen LogP contribution in [0.15, 0.2) is 12.4 Å². The fraction of sp³-hybridized carbons (Fsp3) is 0.650. The van der Waals surface area contributed by atoms with Crippen LogP contribution in [0.25, 0.3) is 0 Å². The van der Waals surface area contributed by atoms with Crippen LogP contribution >= 0.6 is 11.3 Å². The summed E-state index contributed by atoms with van der Waals surface area (Å²) in [4.78, 5) is 20.2. The Morgan fingerprint density at radius 2 is 2.00 bits per heavy atom. The number of likely N-dealkylation sites (tertiary alicyclic amines) is 1. The van der Waals surface area contributed by atoms with E-state index in [1.807, 2.05) is 11.3 Å². The zero-order valence-electron chi connectivity index (χ0n) is 15.9. The van der Waals surface area contributed by atoms with Crippen molar-refractivity contribution >= 4 is 17.2 Å². The fourth-order valence-corrected chi connectivity index (χ4v) is 5.39. The second kappa shape index (κ2) is 7.45. The molecular weight excluding hydrogens is 358 g/mol. The Morgan fingerprint density at radius 3 is 2.74 bits per heavy atom. The zero-order valence-corrected chi connectivity index (χ0v) is 16.7. The first-order valence-corrected chi connectivity index (χ1v) is 10.9. The van der Waals surface area contributed by atoms with Gasteiger partial charge in [0.2, 0.25) is 0 Å². The monoisotopic (exact) mass is 385 g/mol. The highest BCUT2D eigenvalue weighted by molar-refractivity contribution is 7.11. The maximum atomic E-state index is 5.56. The van der Waals surface area contributed by atoms with Crippen molar-refractivity contribution in [2.24, 2.45) is 0 Å². The first-order chi connectivity index (χ1) is 13.3. The van der Waals surface area contributed by atoms with Crippen LogP contribution < -0.4 is 4.90 Å². The molecule has 0 N–H and O–H groups in total. The summed E-state index contributed by atoms with van der Waals surface area (Å²) in [5, 5.41) is 1.26. The van der Waals surface area contributed by atoms with Crippen molar-refractivity contribution in [2.75, 3.05) is 24.6 Å². The Kier molecular flexibility index (Phi) is 4.83. The molecule has 0 spiro atoms. The second-order valence-electron chi connectivity index (χ2n) is 7.94. The average molecular weight is 386 g/mol. The zero-order chi connectivity index (χ0) is 18.2. The molecule has 0 radical (unpaired) electrons. The molecule has 7 heteroatoms. The lowest BCUT2D eigenvalue weighted by Crippen LogP contribution is -2.46. The number of ether oxygens (including phenoxy) is 1. The average Bonchev–Trinajstić information content (AvgIpc) is 3.42. The van der Waals surface area contributed by atoms with Crippen LogP contribution in [0.2, 0.25) is 0 Å². The number of piperidine rings is 1. The van der Waals surface area contributed by atoms with E-state index in [4.69, 9.17) is 9.72 Å². The van der Waals surface area contributed by atoms with Gasteiger partial charge in [-0.2, -0.15) is 0 Å². The van der Waals surface area contributed by atoms with Crippen LogP contribution in [0.5, 0.6) is 0 Å². The molecule has 144 valence electrons. The summed E-state index contributed by atoms with van der Waals surface area (Å²) in [6.07, 6.45) is 7.69. The largest absolute Gasteiger partial charge is 0.375 e. The standard InChI is InChI=1S/C20H27N5OS/c1-14-10-19(22-13-21-14)25(15-2-3-15)16-4-7-24(8-5-16)11-20-23-17-6-9-26-12-18(17)27-20/h10,13,15-16H,2-9,11-12H2,1H3. The summed E-state index contributed by atoms with van der Waals surface area (Å²) in [6, 6.07) is 3.43. The molecule has 2 aliphatic heterocycles. The van der Waals surface area contributed by atoms with Crippen molar-refractivity contribution in [2.45, 2.75) is 64.3 Å². The molecule has 6 nitrogen and oxygen atoms in total. The number of thiazole rings is 1. The van der Waals surface area contributed by atoms with E-state index in [0.717, 1.165) is 50.8 Å². The molecule has 0 amide bonds. The van der Waals surface area contributed by atoms with Crippen LogP contribution in [-0.2, 0) is 24.3 Å². The van der Waals surface area contributed by atoms with E-state index in [-0.39, 0.29) is 0 Å². The molecule has 2 aromatic rings. The number of fused-ring (bicyclic) bond motifs is 1. The number of aryl methyl sites for hydroxylation is 1. The van der Waals surface area contributed by atoms with Gasteiger partial charge in [-0.3, -0.25) is 4.90 Å². The second-order valence-corrected chi connectivity index (χ2v) is 9.11. The minimum Gasteiger partial charge on any atom is -0.375 e. The highest BCUT2D eigenvalue weighted by Gasteiger charge is 2.36. The summed E-state index contributed by atoms with van der Waals surface area (Å²) in [5.74, 6) is 1.12. The van der Waals surface area contributed by atoms with Gasteiger partial charge in [0.05, 0.1) is 30.3 Å². The van der Waals surface area contributed by atoms with Crippen LogP contribution in [0.3, 0.4) is 0 Å². The van der Waals surface area contributed by atoms with Crippen molar-refractivity contribution in [3.05, 3.63) is 33.7 Å². The number of rotatable bonds is 5. The lowest BCUT2D eigenvalue weighted by atomic mass is 10.0. The molecule has 0 bridgehead atoms. The minimum absolute atomic E-state index is 0.598. The van der Waals surface area contributed by atoms with Crippen LogP contribution in [0, 0.1) is 6.92 Å². The summed E-state index contributed by atoms with van der Waals surface area (Å²) < 4.78 is 5.56. The van der Waals surface area contributed by atoms with E-state index >= 15 is 0 Å². The Labute approximate surface area is 164 Å². The number of anilines is 1. The molecule has 1 saturated heterocycles. The predicted octanol–water partition coefficient (Wildman–Crippen LogP) is 2.95. The van der Waals surface area contributed by atoms with Crippen LogP contribution in [-0.4, -0.2) is 51.6 Å². The molecule has 2 fully saturated rings. The van der Waals surface area contributed by atoms with Gasteiger partial charge in [0.15, 0.2) is 0 Å². The molecule has 0 aromatic carbocycles. The third kappa shape index (κ3) is 3.86. The third-order valence-electron chi connectivity index (χ3n) is 5.84. The molecular formula is C20H27N5OS. The minimum atomic E-state index is 0.598. The van der Waals surface area contributed by atoms with Gasteiger partial charge in [0.1, 0.15) is 17.2 Å². The van der Waals surface area contributed by atoms with Crippen molar-refractivity contribution in [1.29, 1.82) is 0 Å². The van der Waals surface area contributed by atoms with E-state index in [2.05, 4.69) is 32.8 Å². The molecule has 5 rings (SSSR count). The molecule has 3 aliphatic rings. The lowest BCUT2D eigenvalue weighted by molar-refractivity contribution is 0.112. The predicted molar refractivity (Wildman–Crippen MR) is 106 cm³/mol. The topological polar surface area (TPSA) is 54.4 Å². The van der Waals surface area contributed by atoms with E-state index < -0.39 is 0 Å². The number of hydrogen-bond donors (Lipinski definition) is 0. The van der Waals surface area contributed by atoms with Crippen molar-refractivity contribution < 1.29 is 4.74 Å². The Hall–Kier alpha value is -1.57. The first-order valence-electron chi connectivity index (χ1n) is 10.1. The van der Waals surface area contributed by atoms with Gasteiger partial charge in [0.25, 0.3) is 0 Å². The Balaban J connectivity index is 1.22. The first kappa shape index (κ1) is 17.5. The maximum absolute atomic E-state index is 5.56. The lowest BCUT2D eigenvalue weighted by Gasteiger charge is -2.39. The number of nitrogens with zero attached hydrogens (tertiary/aromatic N) is 5. The molecule has 27 heavy (non-hydrogen) atoms. The summed E-state index contributed by atoms with van der Waals surface area (Å²) in [7, 11) is 0. The number of aromatic nitrogens is 3. The molecule has 1 saturated carbocycles. The van der Waals surface area contributed by atoms with Gasteiger partial charge < -0.3 is 9.64 Å². The quantitative estimate of drug-likeness (QED) is 0.789. The Bertz CT molecular complexity index is 774. The summed E-state index contributed by atoms with van der Waals surface area (Å²) in [6.45, 7) is 6.89. The van der Waals surface area contributed by atoms with Crippen LogP contribution in [0.1, 0.15) is 47.0 Å².